The first-order valence-corrected chi connectivity index (χ1v) is 34.2. The second-order valence-corrected chi connectivity index (χ2v) is 27.0. The molecule has 3 saturated heterocycles. The van der Waals surface area contributed by atoms with E-state index in [1.165, 1.54) is 5.56 Å². The highest BCUT2D eigenvalue weighted by atomic mass is 16.5. The monoisotopic (exact) mass is 1350 g/mol. The van der Waals surface area contributed by atoms with Crippen LogP contribution in [0, 0.1) is 0 Å². The maximum absolute atomic E-state index is 12.9. The summed E-state index contributed by atoms with van der Waals surface area (Å²) >= 11 is 0. The molecule has 0 unspecified atom stereocenters. The minimum Gasteiger partial charge on any atom is -0.391 e. The molecule has 2 aromatic carbocycles. The van der Waals surface area contributed by atoms with Gasteiger partial charge in [-0.05, 0) is 163 Å². The summed E-state index contributed by atoms with van der Waals surface area (Å²) < 4.78 is 11.4. The van der Waals surface area contributed by atoms with E-state index >= 15 is 0 Å². The average Bonchev–Trinajstić information content (AvgIpc) is 1.66. The first kappa shape index (κ1) is 64.1. The standard InChI is InChI=1S/C28H30N6O.C25H24N6O2.C24H23N7O2/c1-28(10-14-33(2)15-11-28)18-4-7-24(30-16-18)32-23-6-5-19(22-17-31-27(35)25(22)23)20-8-12-29-26-21(20)9-13-34(26)3;1-30-10-8-19-18(6-9-26-24(19)30)17-3-4-21(23-20(17)13-28-25(23)33)29-22-5-2-15(12-27-22)31-11-7-16(32)14-31;1-30-7-5-17-16(4-6-25-23(17)30)22-18-13-28-24(32)21(18)19(14-27-22)29-20-3-2-15(12-26-20)31-8-10-33-11-9-31/h4-9,12-13,16H,10-11,14-15,17H2,1-3H3,(H,30,32)(H,31,35);2-6,8-10,12,16,32H,7,11,13-14H2,1H3,(H,27,29)(H,28,33);2-7,12,14H,8-11,13H2,1H3,(H,26,29)(H,28,32)/t;16-;/m.1./s1. The molecule has 12 aromatic rings. The third-order valence-corrected chi connectivity index (χ3v) is 20.6. The summed E-state index contributed by atoms with van der Waals surface area (Å²) in [4.78, 5) is 77.2. The highest BCUT2D eigenvalue weighted by Gasteiger charge is 2.34. The predicted octanol–water partition coefficient (Wildman–Crippen LogP) is 10.7. The van der Waals surface area contributed by atoms with E-state index in [0.29, 0.717) is 60.2 Å². The molecular formula is C77H77N19O5. The molecule has 0 bridgehead atoms. The maximum atomic E-state index is 12.9. The number of amides is 3. The number of aliphatic hydroxyl groups excluding tert-OH is 1. The molecule has 0 spiro atoms. The Morgan fingerprint density at radius 2 is 0.931 bits per heavy atom. The quantitative estimate of drug-likeness (QED) is 0.0599. The molecule has 6 aliphatic heterocycles. The van der Waals surface area contributed by atoms with Gasteiger partial charge in [-0.3, -0.25) is 19.4 Å². The molecule has 3 amide bonds. The van der Waals surface area contributed by atoms with Crippen LogP contribution in [-0.2, 0) is 50.9 Å². The minimum absolute atomic E-state index is 0.0573. The average molecular weight is 1350 g/mol. The Kier molecular flexibility index (Phi) is 16.9. The van der Waals surface area contributed by atoms with Crippen LogP contribution in [-0.4, -0.2) is 142 Å². The third-order valence-electron chi connectivity index (χ3n) is 20.6. The number of piperidine rings is 1. The SMILES string of the molecule is CN1CCC(C)(c2ccc(Nc3ccc(-c4ccnc5c4ccn5C)c4c3C(=O)NC4)nc2)CC1.Cn1ccc2c(-c3ccc(Nc4ccc(N5CC[C@@H](O)C5)cn4)c4c3CNC4=O)ccnc21.Cn1ccc2c(-c3ncc(Nc4ccc(N5CCOCC5)cn4)c4c3CNC4=O)ccnc21. The smallest absolute Gasteiger partial charge is 0.254 e. The fraction of sp³-hybridized carbons (Fsp3) is 0.273. The van der Waals surface area contributed by atoms with E-state index in [4.69, 9.17) is 14.7 Å². The molecule has 0 saturated carbocycles. The number of likely N-dealkylation sites (tertiary alicyclic amines) is 1. The number of rotatable bonds is 12. The van der Waals surface area contributed by atoms with Crippen LogP contribution in [0.1, 0.15) is 79.5 Å². The molecule has 0 radical (unpaired) electrons. The van der Waals surface area contributed by atoms with Gasteiger partial charge in [-0.2, -0.15) is 0 Å². The van der Waals surface area contributed by atoms with E-state index in [2.05, 4.69) is 116 Å². The largest absolute Gasteiger partial charge is 0.391 e. The minimum atomic E-state index is -0.278. The number of benzene rings is 2. The van der Waals surface area contributed by atoms with Crippen molar-refractivity contribution in [3.63, 3.8) is 0 Å². The highest BCUT2D eigenvalue weighted by Crippen LogP contribution is 2.42. The molecular weight excluding hydrogens is 1270 g/mol. The van der Waals surface area contributed by atoms with Gasteiger partial charge in [0.05, 0.1) is 88.7 Å². The van der Waals surface area contributed by atoms with Crippen molar-refractivity contribution in [2.24, 2.45) is 21.1 Å². The highest BCUT2D eigenvalue weighted by molar-refractivity contribution is 6.10. The number of nitrogens with one attached hydrogen (secondary N) is 6. The van der Waals surface area contributed by atoms with Crippen LogP contribution in [0.3, 0.4) is 0 Å². The number of morpholine rings is 1. The summed E-state index contributed by atoms with van der Waals surface area (Å²) in [6.45, 7) is 10.6. The topological polar surface area (TPSA) is 268 Å². The van der Waals surface area contributed by atoms with Gasteiger partial charge in [0.2, 0.25) is 0 Å². The fourth-order valence-electron chi connectivity index (χ4n) is 14.9. The van der Waals surface area contributed by atoms with Gasteiger partial charge in [0, 0.05) is 138 Å². The van der Waals surface area contributed by atoms with Crippen LogP contribution in [0.4, 0.5) is 45.9 Å². The van der Waals surface area contributed by atoms with Crippen molar-refractivity contribution in [1.82, 2.24) is 69.4 Å². The number of aliphatic hydroxyl groups is 1. The lowest BCUT2D eigenvalue weighted by molar-refractivity contribution is 0.0958. The number of aryl methyl sites for hydroxylation is 3. The Labute approximate surface area is 582 Å². The molecule has 510 valence electrons. The summed E-state index contributed by atoms with van der Waals surface area (Å²) in [7, 11) is 8.12. The molecule has 101 heavy (non-hydrogen) atoms. The molecule has 24 heteroatoms. The van der Waals surface area contributed by atoms with Crippen molar-refractivity contribution in [2.75, 3.05) is 85.3 Å². The second-order valence-electron chi connectivity index (χ2n) is 27.0. The van der Waals surface area contributed by atoms with Gasteiger partial charge in [0.1, 0.15) is 34.4 Å². The number of anilines is 8. The van der Waals surface area contributed by atoms with E-state index in [-0.39, 0.29) is 29.2 Å². The third kappa shape index (κ3) is 12.2. The number of ether oxygens (including phenoxy) is 1. The number of carbonyl (C=O) groups excluding carboxylic acids is 3. The van der Waals surface area contributed by atoms with Gasteiger partial charge in [-0.25, -0.2) is 29.9 Å². The van der Waals surface area contributed by atoms with E-state index in [9.17, 15) is 19.5 Å². The van der Waals surface area contributed by atoms with Crippen LogP contribution >= 0.6 is 0 Å². The number of aromatic nitrogens is 10. The number of fused-ring (bicyclic) bond motifs is 6. The van der Waals surface area contributed by atoms with Crippen LogP contribution in [0.2, 0.25) is 0 Å². The van der Waals surface area contributed by atoms with Gasteiger partial charge in [-0.1, -0.05) is 25.1 Å². The van der Waals surface area contributed by atoms with Gasteiger partial charge in [-0.15, -0.1) is 0 Å². The zero-order chi connectivity index (χ0) is 69.0. The second kappa shape index (κ2) is 26.6. The normalized spacial score (nSPS) is 16.8. The molecule has 7 N–H and O–H groups in total. The van der Waals surface area contributed by atoms with Crippen molar-refractivity contribution < 1.29 is 24.2 Å². The first-order chi connectivity index (χ1) is 49.2. The van der Waals surface area contributed by atoms with Gasteiger partial charge < -0.3 is 70.1 Å². The van der Waals surface area contributed by atoms with Crippen LogP contribution in [0.25, 0.3) is 66.6 Å². The Morgan fingerprint density at radius 3 is 1.42 bits per heavy atom. The summed E-state index contributed by atoms with van der Waals surface area (Å²) in [5, 5.41) is 31.9. The Hall–Kier alpha value is -11.6. The van der Waals surface area contributed by atoms with E-state index in [1.807, 2.05) is 145 Å². The van der Waals surface area contributed by atoms with Gasteiger partial charge in [0.25, 0.3) is 17.7 Å². The summed E-state index contributed by atoms with van der Waals surface area (Å²) in [6, 6.07) is 32.3. The van der Waals surface area contributed by atoms with Crippen molar-refractivity contribution in [3.05, 3.63) is 198 Å². The Bertz CT molecular complexity index is 4990. The summed E-state index contributed by atoms with van der Waals surface area (Å²) in [5.41, 5.74) is 19.2. The number of hydrogen-bond donors (Lipinski definition) is 7. The summed E-state index contributed by atoms with van der Waals surface area (Å²) in [5.74, 6) is 1.82. The van der Waals surface area contributed by atoms with Crippen molar-refractivity contribution in [1.29, 1.82) is 0 Å². The number of nitrogens with zero attached hydrogens (tertiary/aromatic N) is 13. The maximum Gasteiger partial charge on any atom is 0.254 e. The molecule has 18 rings (SSSR count). The Balaban J connectivity index is 0.000000118. The molecule has 10 aromatic heterocycles. The van der Waals surface area contributed by atoms with E-state index in [0.717, 1.165) is 177 Å². The first-order valence-electron chi connectivity index (χ1n) is 34.2. The lowest BCUT2D eigenvalue weighted by atomic mass is 9.75. The predicted molar refractivity (Wildman–Crippen MR) is 392 cm³/mol. The number of hydrogen-bond acceptors (Lipinski definition) is 18. The summed E-state index contributed by atoms with van der Waals surface area (Å²) in [6.07, 6.45) is 21.5. The number of carbonyl (C=O) groups is 3. The van der Waals surface area contributed by atoms with Gasteiger partial charge in [0.15, 0.2) is 0 Å². The molecule has 16 heterocycles. The van der Waals surface area contributed by atoms with E-state index < -0.39 is 0 Å². The van der Waals surface area contributed by atoms with Crippen molar-refractivity contribution in [2.45, 2.75) is 57.3 Å². The fourth-order valence-corrected chi connectivity index (χ4v) is 14.9. The van der Waals surface area contributed by atoms with Crippen LogP contribution in [0.15, 0.2) is 159 Å². The molecule has 3 fully saturated rings. The lowest BCUT2D eigenvalue weighted by Crippen LogP contribution is -2.38. The zero-order valence-corrected chi connectivity index (χ0v) is 56.9. The number of β-amino-alcohol motifs (C(OH)–C–C–N with tert-alkyl or cyclic N) is 1. The number of pyridine rings is 7. The zero-order valence-electron chi connectivity index (χ0n) is 56.9. The van der Waals surface area contributed by atoms with Gasteiger partial charge >= 0.3 is 0 Å². The molecule has 24 nitrogen and oxygen atoms in total. The Morgan fingerprint density at radius 1 is 0.465 bits per heavy atom. The van der Waals surface area contributed by atoms with E-state index in [1.54, 1.807) is 18.6 Å². The molecule has 0 aliphatic carbocycles. The van der Waals surface area contributed by atoms with Crippen LogP contribution < -0.4 is 41.7 Å². The molecule has 6 aliphatic rings. The van der Waals surface area contributed by atoms with Crippen LogP contribution in [0.5, 0.6) is 0 Å². The van der Waals surface area contributed by atoms with Crippen molar-refractivity contribution >= 4 is 96.7 Å². The lowest BCUT2D eigenvalue weighted by Gasteiger charge is -2.38. The van der Waals surface area contributed by atoms with Crippen molar-refractivity contribution in [3.8, 4) is 33.5 Å². The molecule has 1 atom stereocenters.